The van der Waals surface area contributed by atoms with E-state index in [9.17, 15) is 0 Å². The highest BCUT2D eigenvalue weighted by atomic mass is 16.5. The molecule has 2 aromatic rings. The highest BCUT2D eigenvalue weighted by Crippen LogP contribution is 2.25. The van der Waals surface area contributed by atoms with Gasteiger partial charge in [-0.2, -0.15) is 5.10 Å². The van der Waals surface area contributed by atoms with Crippen LogP contribution < -0.4 is 0 Å². The molecule has 102 valence electrons. The minimum absolute atomic E-state index is 0.205. The number of nitrogens with zero attached hydrogens (tertiary/aromatic N) is 3. The molecule has 1 heterocycles. The summed E-state index contributed by atoms with van der Waals surface area (Å²) in [6.07, 6.45) is -2.35. The van der Waals surface area contributed by atoms with Crippen molar-refractivity contribution in [2.45, 2.75) is 6.08 Å². The van der Waals surface area contributed by atoms with Crippen LogP contribution in [0.25, 0.3) is 0 Å². The lowest BCUT2D eigenvalue weighted by atomic mass is 10.1. The van der Waals surface area contributed by atoms with E-state index < -0.39 is 81.6 Å². The zero-order valence-electron chi connectivity index (χ0n) is 26.6. The molecule has 0 aliphatic heterocycles. The fraction of sp³-hybridized carbons (Fsp3) is 0.400. The summed E-state index contributed by atoms with van der Waals surface area (Å²) in [5, 5.41) is 3.56. The molecule has 0 aliphatic rings. The van der Waals surface area contributed by atoms with Gasteiger partial charge in [-0.1, -0.05) is 30.2 Å². The lowest BCUT2D eigenvalue weighted by molar-refractivity contribution is 0.0638. The highest BCUT2D eigenvalue weighted by Gasteiger charge is 2.17. The zero-order valence-corrected chi connectivity index (χ0v) is 9.61. The van der Waals surface area contributed by atoms with Crippen molar-refractivity contribution < 1.29 is 28.0 Å². The third-order valence-corrected chi connectivity index (χ3v) is 2.00. The van der Waals surface area contributed by atoms with Gasteiger partial charge in [-0.25, -0.2) is 0 Å². The number of hydrogen-bond donors (Lipinski definition) is 0. The molecule has 4 nitrogen and oxygen atoms in total. The van der Waals surface area contributed by atoms with E-state index in [1.165, 1.54) is 0 Å². The van der Waals surface area contributed by atoms with Crippen LogP contribution in [0.2, 0.25) is 0 Å². The molecule has 19 heavy (non-hydrogen) atoms. The molecular weight excluding hydrogens is 238 g/mol. The lowest BCUT2D eigenvalue weighted by Gasteiger charge is -2.20. The van der Waals surface area contributed by atoms with E-state index in [1.807, 2.05) is 0 Å². The number of benzene rings is 1. The first-order chi connectivity index (χ1) is 15.9. The molecule has 1 unspecified atom stereocenters. The predicted molar refractivity (Wildman–Crippen MR) is 76.0 cm³/mol. The van der Waals surface area contributed by atoms with Gasteiger partial charge in [0.1, 0.15) is 6.08 Å². The van der Waals surface area contributed by atoms with Gasteiger partial charge in [0.15, 0.2) is 0 Å². The Balaban J connectivity index is 2.85. The van der Waals surface area contributed by atoms with Gasteiger partial charge >= 0.3 is 0 Å². The fourth-order valence-electron chi connectivity index (χ4n) is 1.24. The number of likely N-dealkylation sites (N-methyl/N-ethyl adjacent to an activating group) is 1. The Bertz CT molecular complexity index is 1080. The number of aryl methyl sites for hydroxylation is 1. The van der Waals surface area contributed by atoms with Crippen molar-refractivity contribution in [2.24, 2.45) is 6.98 Å². The van der Waals surface area contributed by atoms with Crippen molar-refractivity contribution in [1.82, 2.24) is 14.7 Å². The van der Waals surface area contributed by atoms with E-state index in [4.69, 9.17) is 28.0 Å². The molecule has 0 aliphatic carbocycles. The van der Waals surface area contributed by atoms with Crippen LogP contribution in [0.15, 0.2) is 42.5 Å². The topological polar surface area (TPSA) is 30.3 Å². The van der Waals surface area contributed by atoms with Gasteiger partial charge in [0.05, 0.1) is 23.2 Å². The summed E-state index contributed by atoms with van der Waals surface area (Å²) in [5.74, 6) is 0. The van der Waals surface area contributed by atoms with Crippen LogP contribution in [-0.2, 0) is 11.7 Å². The van der Waals surface area contributed by atoms with Crippen molar-refractivity contribution in [3.8, 4) is 0 Å². The van der Waals surface area contributed by atoms with E-state index in [0.29, 0.717) is 0 Å². The van der Waals surface area contributed by atoms with Gasteiger partial charge in [0.25, 0.3) is 0 Å². The second-order valence-electron chi connectivity index (χ2n) is 3.29. The third kappa shape index (κ3) is 3.66. The number of aromatic nitrogens is 2. The Morgan fingerprint density at radius 1 is 1.53 bits per heavy atom. The van der Waals surface area contributed by atoms with E-state index in [0.717, 1.165) is 12.3 Å². The van der Waals surface area contributed by atoms with E-state index >= 15 is 0 Å². The number of rotatable bonds is 6. The maximum atomic E-state index is 8.96. The van der Waals surface area contributed by atoms with E-state index in [2.05, 4.69) is 5.10 Å². The van der Waals surface area contributed by atoms with Crippen LogP contribution >= 0.6 is 0 Å². The molecule has 1 aromatic carbocycles. The molecule has 2 rings (SSSR count). The Kier molecular flexibility index (Phi) is 1.27. The molecule has 0 bridgehead atoms. The Labute approximate surface area is 138 Å². The molecule has 0 spiro atoms. The summed E-state index contributed by atoms with van der Waals surface area (Å²) in [7, 11) is 0. The average molecular weight is 276 g/mol. The normalized spacial score (nSPS) is 30.3. The summed E-state index contributed by atoms with van der Waals surface area (Å²) >= 11 is 0. The molecule has 0 amide bonds. The number of ether oxygens (including phenoxy) is 1. The monoisotopic (exact) mass is 276 g/mol. The summed E-state index contributed by atoms with van der Waals surface area (Å²) in [6, 6.07) is -3.94. The minimum atomic E-state index is -3.36. The van der Waals surface area contributed by atoms with Crippen LogP contribution in [0.5, 0.6) is 0 Å². The first kappa shape index (κ1) is 3.71. The maximum Gasteiger partial charge on any atom is 0.124 e. The third-order valence-electron chi connectivity index (χ3n) is 2.00. The maximum absolute atomic E-state index is 8.96. The van der Waals surface area contributed by atoms with Crippen LogP contribution in [0.4, 0.5) is 0 Å². The van der Waals surface area contributed by atoms with Crippen LogP contribution in [0.1, 0.15) is 40.6 Å². The van der Waals surface area contributed by atoms with Crippen molar-refractivity contribution >= 4 is 0 Å². The Morgan fingerprint density at radius 2 is 2.37 bits per heavy atom. The molecule has 0 N–H and O–H groups in total. The summed E-state index contributed by atoms with van der Waals surface area (Å²) < 4.78 is 138. The molecule has 1 atom stereocenters. The molecule has 4 heteroatoms. The van der Waals surface area contributed by atoms with Gasteiger partial charge in [0, 0.05) is 32.1 Å². The van der Waals surface area contributed by atoms with Gasteiger partial charge in [0.2, 0.25) is 0 Å². The van der Waals surface area contributed by atoms with Gasteiger partial charge in [-0.15, -0.1) is 0 Å². The standard InChI is InChI=1S/C15H21N3O/c1-17(2)11-12-19-15(13-7-5-4-6-8-13)14-9-10-16-18(14)3/h4-10,15H,11-12H2,1-3H3/i1D3,2D3,3D3,4D,5D,6D,7D,8D,12D2,15D. The lowest BCUT2D eigenvalue weighted by Crippen LogP contribution is -2.20. The molecule has 0 saturated carbocycles. The van der Waals surface area contributed by atoms with Crippen molar-refractivity contribution in [2.75, 3.05) is 27.1 Å². The second kappa shape index (κ2) is 6.50. The van der Waals surface area contributed by atoms with Crippen molar-refractivity contribution in [1.29, 1.82) is 0 Å². The average Bonchev–Trinajstić information content (AvgIpc) is 3.18. The minimum Gasteiger partial charge on any atom is -0.366 e. The molecular formula is C15H21N3O. The molecule has 0 radical (unpaired) electrons. The van der Waals surface area contributed by atoms with Crippen LogP contribution in [0, 0.1) is 0 Å². The first-order valence-corrected chi connectivity index (χ1v) is 5.05. The molecule has 1 aromatic heterocycles. The quantitative estimate of drug-likeness (QED) is 0.809. The van der Waals surface area contributed by atoms with Gasteiger partial charge < -0.3 is 9.64 Å². The van der Waals surface area contributed by atoms with Gasteiger partial charge in [-0.3, -0.25) is 4.68 Å². The first-order valence-electron chi connectivity index (χ1n) is 13.6. The summed E-state index contributed by atoms with van der Waals surface area (Å²) in [5.41, 5.74) is -1.79. The van der Waals surface area contributed by atoms with Crippen molar-refractivity contribution in [3.05, 3.63) is 53.7 Å². The summed E-state index contributed by atoms with van der Waals surface area (Å²) in [4.78, 5) is -0.205. The summed E-state index contributed by atoms with van der Waals surface area (Å²) in [6.45, 7) is -14.7. The molecule has 0 fully saturated rings. The zero-order chi connectivity index (χ0) is 28.2. The number of hydrogen-bond acceptors (Lipinski definition) is 3. The van der Waals surface area contributed by atoms with Crippen LogP contribution in [0.3, 0.4) is 0 Å². The van der Waals surface area contributed by atoms with Crippen LogP contribution in [-0.4, -0.2) is 41.7 Å². The SMILES string of the molecule is [2H]c1c([2H])c([2H])c(C([2H])(OC([2H])([2H])CN(C([2H])([2H])[2H])C([2H])([2H])[2H])c2ccnn2C([2H])([2H])[2H])c([2H])c1[2H]. The van der Waals surface area contributed by atoms with Crippen molar-refractivity contribution in [3.63, 3.8) is 0 Å². The predicted octanol–water partition coefficient (Wildman–Crippen LogP) is 2.09. The van der Waals surface area contributed by atoms with E-state index in [-0.39, 0.29) is 9.58 Å². The van der Waals surface area contributed by atoms with Gasteiger partial charge in [-0.05, 0) is 25.6 Å². The Morgan fingerprint density at radius 3 is 3.11 bits per heavy atom. The van der Waals surface area contributed by atoms with E-state index in [1.54, 1.807) is 0 Å². The second-order valence-corrected chi connectivity index (χ2v) is 3.29. The Hall–Kier alpha value is -1.65. The smallest absolute Gasteiger partial charge is 0.124 e. The fourth-order valence-corrected chi connectivity index (χ4v) is 1.24. The largest absolute Gasteiger partial charge is 0.366 e. The highest BCUT2D eigenvalue weighted by molar-refractivity contribution is 5.25. The molecule has 0 saturated heterocycles.